The quantitative estimate of drug-likeness (QED) is 0.929. The van der Waals surface area contributed by atoms with Gasteiger partial charge in [0, 0.05) is 25.3 Å². The van der Waals surface area contributed by atoms with E-state index in [0.29, 0.717) is 12.6 Å². The van der Waals surface area contributed by atoms with E-state index in [1.54, 1.807) is 0 Å². The fourth-order valence-corrected chi connectivity index (χ4v) is 3.60. The van der Waals surface area contributed by atoms with Gasteiger partial charge >= 0.3 is 6.03 Å². The number of nitrogens with zero attached hydrogens (tertiary/aromatic N) is 3. The second-order valence-electron chi connectivity index (χ2n) is 6.84. The highest BCUT2D eigenvalue weighted by Crippen LogP contribution is 2.20. The third-order valence-corrected chi connectivity index (χ3v) is 4.95. The number of urea groups is 1. The summed E-state index contributed by atoms with van der Waals surface area (Å²) in [5.41, 5.74) is 2.05. The van der Waals surface area contributed by atoms with E-state index in [-0.39, 0.29) is 6.03 Å². The maximum Gasteiger partial charge on any atom is 0.318 e. The average molecular weight is 316 g/mol. The van der Waals surface area contributed by atoms with Gasteiger partial charge in [-0.3, -0.25) is 4.98 Å². The van der Waals surface area contributed by atoms with Gasteiger partial charge in [-0.1, -0.05) is 12.5 Å². The van der Waals surface area contributed by atoms with Gasteiger partial charge in [0.1, 0.15) is 0 Å². The number of rotatable bonds is 4. The minimum atomic E-state index is 0.0619. The van der Waals surface area contributed by atoms with E-state index in [4.69, 9.17) is 0 Å². The second-order valence-corrected chi connectivity index (χ2v) is 6.84. The summed E-state index contributed by atoms with van der Waals surface area (Å²) >= 11 is 0. The van der Waals surface area contributed by atoms with Crippen molar-refractivity contribution in [3.05, 3.63) is 29.6 Å². The van der Waals surface area contributed by atoms with Crippen LogP contribution >= 0.6 is 0 Å². The van der Waals surface area contributed by atoms with Crippen LogP contribution < -0.4 is 5.32 Å². The first-order chi connectivity index (χ1) is 11.2. The zero-order valence-corrected chi connectivity index (χ0v) is 14.1. The predicted octanol–water partition coefficient (Wildman–Crippen LogP) is 2.55. The van der Waals surface area contributed by atoms with Crippen LogP contribution in [0.2, 0.25) is 0 Å². The third kappa shape index (κ3) is 4.44. The van der Waals surface area contributed by atoms with E-state index in [2.05, 4.69) is 15.2 Å². The summed E-state index contributed by atoms with van der Waals surface area (Å²) in [5, 5.41) is 3.03. The zero-order valence-electron chi connectivity index (χ0n) is 14.1. The number of nitrogens with one attached hydrogen (secondary N) is 1. The van der Waals surface area contributed by atoms with E-state index in [1.807, 2.05) is 30.2 Å². The molecule has 2 aliphatic heterocycles. The molecular weight excluding hydrogens is 288 g/mol. The van der Waals surface area contributed by atoms with Crippen LogP contribution in [-0.2, 0) is 6.54 Å². The van der Waals surface area contributed by atoms with Crippen LogP contribution in [0, 0.1) is 6.92 Å². The number of hydrogen-bond acceptors (Lipinski definition) is 3. The average Bonchev–Trinajstić information content (AvgIpc) is 3.03. The number of aryl methyl sites for hydroxylation is 1. The number of likely N-dealkylation sites (tertiary alicyclic amines) is 2. The number of carbonyl (C=O) groups is 1. The summed E-state index contributed by atoms with van der Waals surface area (Å²) in [7, 11) is 0. The molecule has 5 nitrogen and oxygen atoms in total. The van der Waals surface area contributed by atoms with Crippen LogP contribution in [0.5, 0.6) is 0 Å². The van der Waals surface area contributed by atoms with E-state index in [0.717, 1.165) is 37.2 Å². The maximum absolute atomic E-state index is 12.5. The number of amides is 2. The molecule has 1 unspecified atom stereocenters. The van der Waals surface area contributed by atoms with Crippen LogP contribution in [-0.4, -0.2) is 53.0 Å². The lowest BCUT2D eigenvalue weighted by Gasteiger charge is -2.33. The molecule has 126 valence electrons. The molecule has 3 heterocycles. The SMILES string of the molecule is Cc1ccc(CNC(=O)N2CCCC2CN2CCCCC2)nc1. The summed E-state index contributed by atoms with van der Waals surface area (Å²) in [5.74, 6) is 0. The Balaban J connectivity index is 1.49. The Kier molecular flexibility index (Phi) is 5.49. The van der Waals surface area contributed by atoms with Gasteiger partial charge in [-0.25, -0.2) is 4.79 Å². The summed E-state index contributed by atoms with van der Waals surface area (Å²) in [4.78, 5) is 21.4. The first-order valence-electron chi connectivity index (χ1n) is 8.91. The smallest absolute Gasteiger partial charge is 0.318 e. The Morgan fingerprint density at radius 2 is 2.04 bits per heavy atom. The molecule has 1 atom stereocenters. The molecule has 0 spiro atoms. The Labute approximate surface area is 139 Å². The molecule has 2 saturated heterocycles. The van der Waals surface area contributed by atoms with Crippen molar-refractivity contribution in [3.8, 4) is 0 Å². The van der Waals surface area contributed by atoms with E-state index in [1.165, 1.54) is 32.4 Å². The van der Waals surface area contributed by atoms with Crippen molar-refractivity contribution in [1.82, 2.24) is 20.1 Å². The Hall–Kier alpha value is -1.62. The fourth-order valence-electron chi connectivity index (χ4n) is 3.60. The van der Waals surface area contributed by atoms with Gasteiger partial charge in [0.25, 0.3) is 0 Å². The molecule has 0 aromatic carbocycles. The molecule has 2 aliphatic rings. The molecule has 2 fully saturated rings. The van der Waals surface area contributed by atoms with Crippen molar-refractivity contribution in [1.29, 1.82) is 0 Å². The molecule has 1 aromatic heterocycles. The predicted molar refractivity (Wildman–Crippen MR) is 91.2 cm³/mol. The Morgan fingerprint density at radius 1 is 1.22 bits per heavy atom. The van der Waals surface area contributed by atoms with Crippen molar-refractivity contribution in [2.75, 3.05) is 26.2 Å². The lowest BCUT2D eigenvalue weighted by molar-refractivity contribution is 0.153. The molecular formula is C18H28N4O. The van der Waals surface area contributed by atoms with Gasteiger partial charge in [-0.15, -0.1) is 0 Å². The van der Waals surface area contributed by atoms with E-state index in [9.17, 15) is 4.79 Å². The highest BCUT2D eigenvalue weighted by molar-refractivity contribution is 5.74. The molecule has 0 aliphatic carbocycles. The lowest BCUT2D eigenvalue weighted by Crippen LogP contribution is -2.48. The summed E-state index contributed by atoms with van der Waals surface area (Å²) < 4.78 is 0. The third-order valence-electron chi connectivity index (χ3n) is 4.95. The molecule has 0 saturated carbocycles. The van der Waals surface area contributed by atoms with Crippen molar-refractivity contribution in [2.24, 2.45) is 0 Å². The molecule has 5 heteroatoms. The van der Waals surface area contributed by atoms with Crippen LogP contribution in [0.1, 0.15) is 43.4 Å². The van der Waals surface area contributed by atoms with E-state index < -0.39 is 0 Å². The monoisotopic (exact) mass is 316 g/mol. The highest BCUT2D eigenvalue weighted by atomic mass is 16.2. The standard InChI is InChI=1S/C18H28N4O/c1-15-7-8-16(19-12-15)13-20-18(23)22-11-5-6-17(22)14-21-9-3-2-4-10-21/h7-8,12,17H,2-6,9-11,13-14H2,1H3,(H,20,23). The van der Waals surface area contributed by atoms with Crippen LogP contribution in [0.3, 0.4) is 0 Å². The number of hydrogen-bond donors (Lipinski definition) is 1. The Bertz CT molecular complexity index is 510. The topological polar surface area (TPSA) is 48.5 Å². The minimum Gasteiger partial charge on any atom is -0.332 e. The summed E-state index contributed by atoms with van der Waals surface area (Å²) in [6, 6.07) is 4.44. The van der Waals surface area contributed by atoms with Crippen LogP contribution in [0.15, 0.2) is 18.3 Å². The highest BCUT2D eigenvalue weighted by Gasteiger charge is 2.30. The van der Waals surface area contributed by atoms with Gasteiger partial charge in [0.05, 0.1) is 12.2 Å². The van der Waals surface area contributed by atoms with Gasteiger partial charge in [0.15, 0.2) is 0 Å². The molecule has 0 bridgehead atoms. The molecule has 1 aromatic rings. The first kappa shape index (κ1) is 16.2. The van der Waals surface area contributed by atoms with Gasteiger partial charge < -0.3 is 15.1 Å². The molecule has 0 radical (unpaired) electrons. The largest absolute Gasteiger partial charge is 0.332 e. The minimum absolute atomic E-state index is 0.0619. The summed E-state index contributed by atoms with van der Waals surface area (Å²) in [6.45, 7) is 6.83. The van der Waals surface area contributed by atoms with E-state index >= 15 is 0 Å². The fraction of sp³-hybridized carbons (Fsp3) is 0.667. The first-order valence-corrected chi connectivity index (χ1v) is 8.91. The lowest BCUT2D eigenvalue weighted by atomic mass is 10.1. The molecule has 23 heavy (non-hydrogen) atoms. The van der Waals surface area contributed by atoms with Gasteiger partial charge in [-0.2, -0.15) is 0 Å². The number of carbonyl (C=O) groups excluding carboxylic acids is 1. The Morgan fingerprint density at radius 3 is 2.78 bits per heavy atom. The molecule has 3 rings (SSSR count). The number of piperidine rings is 1. The van der Waals surface area contributed by atoms with Crippen molar-refractivity contribution in [3.63, 3.8) is 0 Å². The van der Waals surface area contributed by atoms with Crippen LogP contribution in [0.4, 0.5) is 4.79 Å². The molecule has 2 amide bonds. The van der Waals surface area contributed by atoms with Gasteiger partial charge in [0.2, 0.25) is 0 Å². The van der Waals surface area contributed by atoms with Crippen molar-refractivity contribution < 1.29 is 4.79 Å². The van der Waals surface area contributed by atoms with Crippen LogP contribution in [0.25, 0.3) is 0 Å². The number of pyridine rings is 1. The second kappa shape index (κ2) is 7.77. The van der Waals surface area contributed by atoms with Crippen molar-refractivity contribution in [2.45, 2.75) is 51.6 Å². The maximum atomic E-state index is 12.5. The van der Waals surface area contributed by atoms with Gasteiger partial charge in [-0.05, 0) is 57.3 Å². The summed E-state index contributed by atoms with van der Waals surface area (Å²) in [6.07, 6.45) is 8.06. The zero-order chi connectivity index (χ0) is 16.1. The molecule has 1 N–H and O–H groups in total. The number of aromatic nitrogens is 1. The normalized spacial score (nSPS) is 22.3. The van der Waals surface area contributed by atoms with Crippen molar-refractivity contribution >= 4 is 6.03 Å².